The van der Waals surface area contributed by atoms with Crippen molar-refractivity contribution < 1.29 is 9.31 Å². The molecule has 2 nitrogen and oxygen atoms in total. The molecule has 1 atom stereocenters. The third kappa shape index (κ3) is 6.44. The van der Waals surface area contributed by atoms with Gasteiger partial charge < -0.3 is 9.31 Å². The van der Waals surface area contributed by atoms with Crippen LogP contribution in [0.4, 0.5) is 0 Å². The van der Waals surface area contributed by atoms with Crippen LogP contribution in [0.3, 0.4) is 0 Å². The van der Waals surface area contributed by atoms with Crippen molar-refractivity contribution in [3.63, 3.8) is 0 Å². The Labute approximate surface area is 89.5 Å². The topological polar surface area (TPSA) is 18.5 Å². The molecule has 0 saturated carbocycles. The first-order chi connectivity index (χ1) is 6.47. The monoisotopic (exact) mass is 200 g/mol. The fraction of sp³-hybridized carbons (Fsp3) is 1.00. The first kappa shape index (κ1) is 14.0. The first-order valence-electron chi connectivity index (χ1n) is 5.78. The van der Waals surface area contributed by atoms with E-state index < -0.39 is 0 Å². The van der Waals surface area contributed by atoms with Crippen molar-refractivity contribution in [2.75, 3.05) is 0 Å². The zero-order valence-electron chi connectivity index (χ0n) is 10.5. The molecule has 0 aromatic heterocycles. The van der Waals surface area contributed by atoms with Crippen LogP contribution in [0, 0.1) is 0 Å². The summed E-state index contributed by atoms with van der Waals surface area (Å²) in [6, 6.07) is 0. The van der Waals surface area contributed by atoms with Gasteiger partial charge in [0, 0.05) is 12.2 Å². The molecule has 0 aliphatic carbocycles. The molecule has 14 heavy (non-hydrogen) atoms. The molecule has 3 heteroatoms. The molecule has 0 heterocycles. The average Bonchev–Trinajstić information content (AvgIpc) is 2.01. The Morgan fingerprint density at radius 1 is 0.929 bits per heavy atom. The lowest BCUT2D eigenvalue weighted by Gasteiger charge is -2.24. The van der Waals surface area contributed by atoms with Crippen LogP contribution in [0.15, 0.2) is 0 Å². The molecule has 0 N–H and O–H groups in total. The van der Waals surface area contributed by atoms with Crippen LogP contribution in [0.25, 0.3) is 0 Å². The van der Waals surface area contributed by atoms with Gasteiger partial charge in [-0.05, 0) is 33.5 Å². The van der Waals surface area contributed by atoms with Crippen LogP contribution in [-0.4, -0.2) is 19.3 Å². The van der Waals surface area contributed by atoms with E-state index in [1.165, 1.54) is 6.42 Å². The largest absolute Gasteiger partial charge is 0.460 e. The predicted molar refractivity (Wildman–Crippen MR) is 62.5 cm³/mol. The van der Waals surface area contributed by atoms with E-state index in [0.29, 0.717) is 5.82 Å². The summed E-state index contributed by atoms with van der Waals surface area (Å²) in [5, 5.41) is 0. The van der Waals surface area contributed by atoms with Gasteiger partial charge in [-0.1, -0.05) is 26.7 Å². The smallest absolute Gasteiger partial charge is 0.409 e. The summed E-state index contributed by atoms with van der Waals surface area (Å²) in [4.78, 5) is 0. The molecule has 0 rings (SSSR count). The maximum Gasteiger partial charge on any atom is 0.460 e. The van der Waals surface area contributed by atoms with Crippen LogP contribution in [0.5, 0.6) is 0 Å². The van der Waals surface area contributed by atoms with Gasteiger partial charge in [0.1, 0.15) is 0 Å². The van der Waals surface area contributed by atoms with Gasteiger partial charge >= 0.3 is 7.12 Å². The second kappa shape index (κ2) is 7.30. The molecule has 0 fully saturated rings. The van der Waals surface area contributed by atoms with E-state index >= 15 is 0 Å². The summed E-state index contributed by atoms with van der Waals surface area (Å²) in [6.45, 7) is 12.6. The number of hydrogen-bond donors (Lipinski definition) is 0. The maximum atomic E-state index is 5.75. The lowest BCUT2D eigenvalue weighted by atomic mass is 9.70. The highest BCUT2D eigenvalue weighted by Crippen LogP contribution is 2.20. The Bertz CT molecular complexity index is 127. The Hall–Kier alpha value is -0.0151. The second-order valence-electron chi connectivity index (χ2n) is 4.50. The van der Waals surface area contributed by atoms with E-state index in [0.717, 1.165) is 6.42 Å². The summed E-state index contributed by atoms with van der Waals surface area (Å²) in [6.07, 6.45) is 2.81. The van der Waals surface area contributed by atoms with Crippen LogP contribution in [0.2, 0.25) is 5.82 Å². The molecule has 0 saturated heterocycles. The van der Waals surface area contributed by atoms with Crippen LogP contribution in [-0.2, 0) is 9.31 Å². The van der Waals surface area contributed by atoms with E-state index in [2.05, 4.69) is 41.5 Å². The zero-order valence-corrected chi connectivity index (χ0v) is 10.5. The predicted octanol–water partition coefficient (Wildman–Crippen LogP) is 3.51. The molecule has 0 spiro atoms. The van der Waals surface area contributed by atoms with Gasteiger partial charge in [-0.3, -0.25) is 0 Å². The van der Waals surface area contributed by atoms with Gasteiger partial charge in [0.25, 0.3) is 0 Å². The summed E-state index contributed by atoms with van der Waals surface area (Å²) in [7, 11) is -0.0463. The van der Waals surface area contributed by atoms with Crippen molar-refractivity contribution in [2.45, 2.75) is 72.4 Å². The molecular weight excluding hydrogens is 175 g/mol. The number of hydrogen-bond acceptors (Lipinski definition) is 2. The van der Waals surface area contributed by atoms with E-state index in [4.69, 9.17) is 9.31 Å². The number of rotatable bonds is 7. The van der Waals surface area contributed by atoms with E-state index in [-0.39, 0.29) is 19.3 Å². The SMILES string of the molecule is CCCC(C)B(OC(C)C)OC(C)C. The standard InChI is InChI=1S/C11H25BO2/c1-7-8-11(6)12(13-9(2)3)14-10(4)5/h9-11H,7-8H2,1-6H3. The zero-order chi connectivity index (χ0) is 11.1. The van der Waals surface area contributed by atoms with Crippen molar-refractivity contribution in [2.24, 2.45) is 0 Å². The molecule has 0 radical (unpaired) electrons. The van der Waals surface area contributed by atoms with E-state index in [1.807, 2.05) is 0 Å². The fourth-order valence-electron chi connectivity index (χ4n) is 1.43. The minimum atomic E-state index is -0.0463. The normalized spacial score (nSPS) is 13.7. The molecule has 0 aromatic carbocycles. The van der Waals surface area contributed by atoms with Gasteiger partial charge in [-0.2, -0.15) is 0 Å². The summed E-state index contributed by atoms with van der Waals surface area (Å²) in [5.74, 6) is 0.477. The van der Waals surface area contributed by atoms with E-state index in [1.54, 1.807) is 0 Å². The highest BCUT2D eigenvalue weighted by Gasteiger charge is 2.27. The second-order valence-corrected chi connectivity index (χ2v) is 4.50. The molecule has 0 aliphatic rings. The average molecular weight is 200 g/mol. The molecule has 0 bridgehead atoms. The van der Waals surface area contributed by atoms with Crippen molar-refractivity contribution in [3.8, 4) is 0 Å². The minimum Gasteiger partial charge on any atom is -0.409 e. The molecule has 1 unspecified atom stereocenters. The van der Waals surface area contributed by atoms with E-state index in [9.17, 15) is 0 Å². The summed E-state index contributed by atoms with van der Waals surface area (Å²) in [5.41, 5.74) is 0. The Morgan fingerprint density at radius 2 is 1.36 bits per heavy atom. The lowest BCUT2D eigenvalue weighted by Crippen LogP contribution is -2.33. The molecule has 84 valence electrons. The van der Waals surface area contributed by atoms with Crippen molar-refractivity contribution >= 4 is 7.12 Å². The third-order valence-electron chi connectivity index (χ3n) is 2.02. The van der Waals surface area contributed by atoms with Crippen molar-refractivity contribution in [3.05, 3.63) is 0 Å². The quantitative estimate of drug-likeness (QED) is 0.585. The van der Waals surface area contributed by atoms with Gasteiger partial charge in [0.2, 0.25) is 0 Å². The molecule has 0 amide bonds. The lowest BCUT2D eigenvalue weighted by molar-refractivity contribution is 0.123. The Morgan fingerprint density at radius 3 is 1.64 bits per heavy atom. The van der Waals surface area contributed by atoms with Gasteiger partial charge in [0.15, 0.2) is 0 Å². The Balaban J connectivity index is 4.08. The fourth-order valence-corrected chi connectivity index (χ4v) is 1.43. The third-order valence-corrected chi connectivity index (χ3v) is 2.02. The van der Waals surface area contributed by atoms with Gasteiger partial charge in [-0.25, -0.2) is 0 Å². The van der Waals surface area contributed by atoms with Crippen molar-refractivity contribution in [1.29, 1.82) is 0 Å². The van der Waals surface area contributed by atoms with Gasteiger partial charge in [0.05, 0.1) is 0 Å². The summed E-state index contributed by atoms with van der Waals surface area (Å²) >= 11 is 0. The maximum absolute atomic E-state index is 5.75. The Kier molecular flexibility index (Phi) is 7.29. The minimum absolute atomic E-state index is 0.0463. The van der Waals surface area contributed by atoms with Gasteiger partial charge in [-0.15, -0.1) is 0 Å². The molecule has 0 aliphatic heterocycles. The van der Waals surface area contributed by atoms with Crippen LogP contribution >= 0.6 is 0 Å². The molecule has 0 aromatic rings. The van der Waals surface area contributed by atoms with Crippen LogP contribution in [0.1, 0.15) is 54.4 Å². The highest BCUT2D eigenvalue weighted by molar-refractivity contribution is 6.46. The highest BCUT2D eigenvalue weighted by atomic mass is 16.6. The summed E-state index contributed by atoms with van der Waals surface area (Å²) < 4.78 is 11.5. The van der Waals surface area contributed by atoms with Crippen molar-refractivity contribution in [1.82, 2.24) is 0 Å². The first-order valence-corrected chi connectivity index (χ1v) is 5.78. The van der Waals surface area contributed by atoms with Crippen LogP contribution < -0.4 is 0 Å². The molecular formula is C11H25BO2.